The van der Waals surface area contributed by atoms with Crippen molar-refractivity contribution in [3.8, 4) is 0 Å². The van der Waals surface area contributed by atoms with Crippen LogP contribution in [0.2, 0.25) is 0 Å². The minimum atomic E-state index is 0.521. The Labute approximate surface area is 106 Å². The maximum absolute atomic E-state index is 5.89. The molecule has 90 valence electrons. The summed E-state index contributed by atoms with van der Waals surface area (Å²) in [4.78, 5) is 0. The number of nitrogens with one attached hydrogen (secondary N) is 1. The zero-order valence-corrected chi connectivity index (χ0v) is 10.8. The van der Waals surface area contributed by atoms with Gasteiger partial charge in [-0.2, -0.15) is 5.10 Å². The molecule has 0 saturated heterocycles. The van der Waals surface area contributed by atoms with Crippen molar-refractivity contribution < 1.29 is 0 Å². The van der Waals surface area contributed by atoms with Crippen LogP contribution in [0.1, 0.15) is 17.0 Å². The highest BCUT2D eigenvalue weighted by Gasteiger charge is 2.03. The van der Waals surface area contributed by atoms with E-state index < -0.39 is 0 Å². The van der Waals surface area contributed by atoms with Gasteiger partial charge in [-0.05, 0) is 24.6 Å². The molecule has 0 aliphatic carbocycles. The molecular formula is C13H16ClN3. The second kappa shape index (κ2) is 5.23. The van der Waals surface area contributed by atoms with Gasteiger partial charge < -0.3 is 5.32 Å². The van der Waals surface area contributed by atoms with E-state index in [1.165, 1.54) is 0 Å². The van der Waals surface area contributed by atoms with Gasteiger partial charge in [-0.3, -0.25) is 4.68 Å². The summed E-state index contributed by atoms with van der Waals surface area (Å²) in [5, 5.41) is 7.71. The quantitative estimate of drug-likeness (QED) is 0.844. The molecule has 1 aromatic heterocycles. The SMILES string of the molecule is Cc1cc(CNc2ccccc2CCl)n(C)n1. The summed E-state index contributed by atoms with van der Waals surface area (Å²) in [7, 11) is 1.96. The Morgan fingerprint density at radius 2 is 2.12 bits per heavy atom. The lowest BCUT2D eigenvalue weighted by Gasteiger charge is -2.10. The fourth-order valence-corrected chi connectivity index (χ4v) is 2.06. The van der Waals surface area contributed by atoms with Crippen molar-refractivity contribution in [2.24, 2.45) is 7.05 Å². The Bertz CT molecular complexity index is 505. The molecule has 0 aliphatic rings. The summed E-state index contributed by atoms with van der Waals surface area (Å²) in [6.07, 6.45) is 0. The third kappa shape index (κ3) is 2.80. The Morgan fingerprint density at radius 1 is 1.35 bits per heavy atom. The van der Waals surface area contributed by atoms with Gasteiger partial charge in [0, 0.05) is 18.6 Å². The summed E-state index contributed by atoms with van der Waals surface area (Å²) in [6, 6.07) is 10.2. The highest BCUT2D eigenvalue weighted by Crippen LogP contribution is 2.18. The zero-order valence-electron chi connectivity index (χ0n) is 10.1. The first kappa shape index (κ1) is 12.0. The van der Waals surface area contributed by atoms with Crippen LogP contribution in [0, 0.1) is 6.92 Å². The minimum Gasteiger partial charge on any atom is -0.379 e. The number of alkyl halides is 1. The number of aromatic nitrogens is 2. The van der Waals surface area contributed by atoms with Gasteiger partial charge in [0.1, 0.15) is 0 Å². The number of aryl methyl sites for hydroxylation is 2. The van der Waals surface area contributed by atoms with Crippen molar-refractivity contribution in [1.29, 1.82) is 0 Å². The van der Waals surface area contributed by atoms with Crippen molar-refractivity contribution in [3.63, 3.8) is 0 Å². The summed E-state index contributed by atoms with van der Waals surface area (Å²) >= 11 is 5.89. The zero-order chi connectivity index (χ0) is 12.3. The largest absolute Gasteiger partial charge is 0.379 e. The molecule has 0 spiro atoms. The van der Waals surface area contributed by atoms with Crippen LogP contribution in [0.3, 0.4) is 0 Å². The molecule has 1 heterocycles. The predicted molar refractivity (Wildman–Crippen MR) is 71.3 cm³/mol. The molecule has 2 aromatic rings. The van der Waals surface area contributed by atoms with E-state index in [0.29, 0.717) is 5.88 Å². The van der Waals surface area contributed by atoms with Crippen LogP contribution < -0.4 is 5.32 Å². The van der Waals surface area contributed by atoms with Crippen LogP contribution in [-0.4, -0.2) is 9.78 Å². The van der Waals surface area contributed by atoms with Gasteiger partial charge in [0.25, 0.3) is 0 Å². The van der Waals surface area contributed by atoms with Crippen LogP contribution in [0.5, 0.6) is 0 Å². The van der Waals surface area contributed by atoms with E-state index in [9.17, 15) is 0 Å². The average Bonchev–Trinajstić information content (AvgIpc) is 2.65. The molecule has 0 amide bonds. The summed E-state index contributed by atoms with van der Waals surface area (Å²) in [6.45, 7) is 2.75. The van der Waals surface area contributed by atoms with Crippen LogP contribution in [0.15, 0.2) is 30.3 Å². The third-order valence-corrected chi connectivity index (χ3v) is 3.01. The predicted octanol–water partition coefficient (Wildman–Crippen LogP) is 3.08. The Morgan fingerprint density at radius 3 is 2.76 bits per heavy atom. The van der Waals surface area contributed by atoms with E-state index in [1.54, 1.807) is 0 Å². The van der Waals surface area contributed by atoms with E-state index in [1.807, 2.05) is 42.9 Å². The number of nitrogens with zero attached hydrogens (tertiary/aromatic N) is 2. The lowest BCUT2D eigenvalue weighted by atomic mass is 10.2. The fraction of sp³-hybridized carbons (Fsp3) is 0.308. The second-order valence-corrected chi connectivity index (χ2v) is 4.31. The smallest absolute Gasteiger partial charge is 0.0597 e. The lowest BCUT2D eigenvalue weighted by molar-refractivity contribution is 0.713. The van der Waals surface area contributed by atoms with Crippen LogP contribution in [0.4, 0.5) is 5.69 Å². The van der Waals surface area contributed by atoms with Gasteiger partial charge in [0.15, 0.2) is 0 Å². The van der Waals surface area contributed by atoms with E-state index >= 15 is 0 Å². The van der Waals surface area contributed by atoms with E-state index in [2.05, 4.69) is 16.5 Å². The first-order chi connectivity index (χ1) is 8.20. The van der Waals surface area contributed by atoms with Crippen LogP contribution >= 0.6 is 11.6 Å². The number of rotatable bonds is 4. The number of para-hydroxylation sites is 1. The molecule has 1 N–H and O–H groups in total. The normalized spacial score (nSPS) is 10.5. The molecule has 0 saturated carbocycles. The molecule has 4 heteroatoms. The maximum atomic E-state index is 5.89. The van der Waals surface area contributed by atoms with E-state index in [4.69, 9.17) is 11.6 Å². The van der Waals surface area contributed by atoms with Crippen LogP contribution in [-0.2, 0) is 19.5 Å². The first-order valence-corrected chi connectivity index (χ1v) is 6.11. The number of benzene rings is 1. The highest BCUT2D eigenvalue weighted by atomic mass is 35.5. The fourth-order valence-electron chi connectivity index (χ4n) is 1.82. The molecule has 0 bridgehead atoms. The Kier molecular flexibility index (Phi) is 3.69. The number of hydrogen-bond donors (Lipinski definition) is 1. The number of hydrogen-bond acceptors (Lipinski definition) is 2. The Balaban J connectivity index is 2.09. The molecule has 3 nitrogen and oxygen atoms in total. The molecule has 0 aliphatic heterocycles. The highest BCUT2D eigenvalue weighted by molar-refractivity contribution is 6.17. The van der Waals surface area contributed by atoms with Gasteiger partial charge in [-0.1, -0.05) is 18.2 Å². The molecule has 0 fully saturated rings. The molecule has 0 radical (unpaired) electrons. The summed E-state index contributed by atoms with van der Waals surface area (Å²) in [5.41, 5.74) is 4.40. The Hall–Kier alpha value is -1.48. The van der Waals surface area contributed by atoms with Gasteiger partial charge in [0.2, 0.25) is 0 Å². The topological polar surface area (TPSA) is 29.9 Å². The third-order valence-electron chi connectivity index (χ3n) is 2.72. The van der Waals surface area contributed by atoms with Gasteiger partial charge in [0.05, 0.1) is 17.9 Å². The van der Waals surface area contributed by atoms with Crippen molar-refractivity contribution in [1.82, 2.24) is 9.78 Å². The second-order valence-electron chi connectivity index (χ2n) is 4.04. The molecule has 0 atom stereocenters. The first-order valence-electron chi connectivity index (χ1n) is 5.58. The maximum Gasteiger partial charge on any atom is 0.0597 e. The van der Waals surface area contributed by atoms with Gasteiger partial charge in [-0.25, -0.2) is 0 Å². The minimum absolute atomic E-state index is 0.521. The van der Waals surface area contributed by atoms with Crippen molar-refractivity contribution >= 4 is 17.3 Å². The van der Waals surface area contributed by atoms with Gasteiger partial charge >= 0.3 is 0 Å². The molecule has 17 heavy (non-hydrogen) atoms. The molecular weight excluding hydrogens is 234 g/mol. The molecule has 0 unspecified atom stereocenters. The molecule has 1 aromatic carbocycles. The van der Waals surface area contributed by atoms with Crippen molar-refractivity contribution in [2.45, 2.75) is 19.3 Å². The summed E-state index contributed by atoms with van der Waals surface area (Å²) < 4.78 is 1.89. The standard InChI is InChI=1S/C13H16ClN3/c1-10-7-12(17(2)16-10)9-15-13-6-4-3-5-11(13)8-14/h3-7,15H,8-9H2,1-2H3. The number of halogens is 1. The van der Waals surface area contributed by atoms with E-state index in [0.717, 1.165) is 29.2 Å². The van der Waals surface area contributed by atoms with Gasteiger partial charge in [-0.15, -0.1) is 11.6 Å². The van der Waals surface area contributed by atoms with E-state index in [-0.39, 0.29) is 0 Å². The molecule has 2 rings (SSSR count). The number of anilines is 1. The lowest BCUT2D eigenvalue weighted by Crippen LogP contribution is -2.06. The summed E-state index contributed by atoms with van der Waals surface area (Å²) in [5.74, 6) is 0.521. The average molecular weight is 250 g/mol. The van der Waals surface area contributed by atoms with Crippen molar-refractivity contribution in [2.75, 3.05) is 5.32 Å². The monoisotopic (exact) mass is 249 g/mol. The van der Waals surface area contributed by atoms with Crippen molar-refractivity contribution in [3.05, 3.63) is 47.3 Å². The van der Waals surface area contributed by atoms with Crippen LogP contribution in [0.25, 0.3) is 0 Å².